The molecule has 0 radical (unpaired) electrons. The Morgan fingerprint density at radius 2 is 1.81 bits per heavy atom. The average molecular weight is 286 g/mol. The Morgan fingerprint density at radius 1 is 1.19 bits per heavy atom. The molecule has 2 aromatic rings. The highest BCUT2D eigenvalue weighted by Crippen LogP contribution is 2.22. The van der Waals surface area contributed by atoms with E-state index in [2.05, 4.69) is 50.0 Å². The lowest BCUT2D eigenvalue weighted by Crippen LogP contribution is -2.15. The predicted molar refractivity (Wildman–Crippen MR) is 82.5 cm³/mol. The van der Waals surface area contributed by atoms with Gasteiger partial charge >= 0.3 is 5.97 Å². The van der Waals surface area contributed by atoms with E-state index in [9.17, 15) is 4.79 Å². The van der Waals surface area contributed by atoms with Gasteiger partial charge in [0.2, 0.25) is 0 Å². The zero-order valence-electron chi connectivity index (χ0n) is 13.0. The van der Waals surface area contributed by atoms with Gasteiger partial charge in [0.05, 0.1) is 25.2 Å². The van der Waals surface area contributed by atoms with Crippen molar-refractivity contribution in [3.8, 4) is 0 Å². The maximum absolute atomic E-state index is 11.9. The molecule has 4 nitrogen and oxygen atoms in total. The Kier molecular flexibility index (Phi) is 4.78. The van der Waals surface area contributed by atoms with Crippen LogP contribution >= 0.6 is 0 Å². The number of benzene rings is 1. The fourth-order valence-electron chi connectivity index (χ4n) is 2.30. The van der Waals surface area contributed by atoms with Gasteiger partial charge in [-0.25, -0.2) is 9.78 Å². The fraction of sp³-hybridized carbons (Fsp3) is 0.412. The summed E-state index contributed by atoms with van der Waals surface area (Å²) >= 11 is 0. The van der Waals surface area contributed by atoms with Gasteiger partial charge in [0.1, 0.15) is 5.69 Å². The number of rotatable bonds is 5. The Balaban J connectivity index is 2.26. The van der Waals surface area contributed by atoms with Crippen LogP contribution in [0, 0.1) is 0 Å². The number of carbonyl (C=O) groups excluding carboxylic acids is 1. The Bertz CT molecular complexity index is 600. The molecule has 1 unspecified atom stereocenters. The molecule has 0 N–H and O–H groups in total. The van der Waals surface area contributed by atoms with Gasteiger partial charge in [0, 0.05) is 0 Å². The molecule has 21 heavy (non-hydrogen) atoms. The lowest BCUT2D eigenvalue weighted by Gasteiger charge is -2.17. The molecule has 0 fully saturated rings. The van der Waals surface area contributed by atoms with Crippen LogP contribution in [0.15, 0.2) is 36.8 Å². The smallest absolute Gasteiger partial charge is 0.356 e. The lowest BCUT2D eigenvalue weighted by atomic mass is 9.99. The van der Waals surface area contributed by atoms with Gasteiger partial charge < -0.3 is 9.30 Å². The van der Waals surface area contributed by atoms with Crippen LogP contribution in [0.4, 0.5) is 0 Å². The summed E-state index contributed by atoms with van der Waals surface area (Å²) in [7, 11) is 0. The predicted octanol–water partition coefficient (Wildman–Crippen LogP) is 3.79. The number of esters is 1. The molecule has 4 heteroatoms. The largest absolute Gasteiger partial charge is 0.461 e. The van der Waals surface area contributed by atoms with Gasteiger partial charge in [-0.2, -0.15) is 0 Å². The van der Waals surface area contributed by atoms with Crippen LogP contribution < -0.4 is 0 Å². The van der Waals surface area contributed by atoms with E-state index in [1.54, 1.807) is 19.4 Å². The number of carbonyl (C=O) groups is 1. The second kappa shape index (κ2) is 6.57. The first-order chi connectivity index (χ1) is 10.0. The highest BCUT2D eigenvalue weighted by atomic mass is 16.5. The second-order valence-electron chi connectivity index (χ2n) is 5.40. The Morgan fingerprint density at radius 3 is 2.38 bits per heavy atom. The van der Waals surface area contributed by atoms with Crippen molar-refractivity contribution >= 4 is 5.97 Å². The van der Waals surface area contributed by atoms with Gasteiger partial charge in [-0.3, -0.25) is 0 Å². The maximum atomic E-state index is 11.9. The van der Waals surface area contributed by atoms with Crippen LogP contribution in [0.25, 0.3) is 0 Å². The van der Waals surface area contributed by atoms with E-state index in [-0.39, 0.29) is 12.0 Å². The molecule has 0 spiro atoms. The first-order valence-electron chi connectivity index (χ1n) is 7.33. The van der Waals surface area contributed by atoms with Crippen LogP contribution in [-0.2, 0) is 4.74 Å². The van der Waals surface area contributed by atoms with E-state index in [4.69, 9.17) is 4.74 Å². The minimum Gasteiger partial charge on any atom is -0.461 e. The second-order valence-corrected chi connectivity index (χ2v) is 5.40. The zero-order valence-corrected chi connectivity index (χ0v) is 13.0. The topological polar surface area (TPSA) is 44.1 Å². The van der Waals surface area contributed by atoms with Gasteiger partial charge in [-0.15, -0.1) is 0 Å². The van der Waals surface area contributed by atoms with E-state index in [0.717, 1.165) is 5.56 Å². The molecular formula is C17H22N2O2. The van der Waals surface area contributed by atoms with Crippen molar-refractivity contribution in [1.82, 2.24) is 9.55 Å². The first-order valence-corrected chi connectivity index (χ1v) is 7.33. The first kappa shape index (κ1) is 15.3. The van der Waals surface area contributed by atoms with Crippen LogP contribution in [0.5, 0.6) is 0 Å². The van der Waals surface area contributed by atoms with Gasteiger partial charge in [-0.1, -0.05) is 38.1 Å². The van der Waals surface area contributed by atoms with Gasteiger partial charge in [0.25, 0.3) is 0 Å². The zero-order chi connectivity index (χ0) is 15.4. The molecule has 0 saturated heterocycles. The molecule has 0 aliphatic heterocycles. The third-order valence-corrected chi connectivity index (χ3v) is 3.65. The number of imidazole rings is 1. The van der Waals surface area contributed by atoms with E-state index < -0.39 is 0 Å². The van der Waals surface area contributed by atoms with Crippen molar-refractivity contribution in [2.24, 2.45) is 0 Å². The van der Waals surface area contributed by atoms with E-state index in [1.807, 2.05) is 4.57 Å². The molecule has 0 bridgehead atoms. The normalized spacial score (nSPS) is 12.4. The van der Waals surface area contributed by atoms with Crippen molar-refractivity contribution in [1.29, 1.82) is 0 Å². The highest BCUT2D eigenvalue weighted by Gasteiger charge is 2.18. The molecule has 0 aliphatic rings. The third kappa shape index (κ3) is 3.32. The number of hydrogen-bond donors (Lipinski definition) is 0. The fourth-order valence-corrected chi connectivity index (χ4v) is 2.30. The molecule has 1 aromatic heterocycles. The average Bonchev–Trinajstić information content (AvgIpc) is 2.96. The molecule has 1 atom stereocenters. The number of ether oxygens (including phenoxy) is 1. The molecule has 1 heterocycles. The Hall–Kier alpha value is -2.10. The molecule has 0 amide bonds. The molecule has 0 aliphatic carbocycles. The van der Waals surface area contributed by atoms with Gasteiger partial charge in [0.15, 0.2) is 0 Å². The molecule has 112 valence electrons. The van der Waals surface area contributed by atoms with Crippen LogP contribution in [-0.4, -0.2) is 22.1 Å². The molecule has 0 saturated carbocycles. The summed E-state index contributed by atoms with van der Waals surface area (Å²) in [5.74, 6) is 0.179. The van der Waals surface area contributed by atoms with Crippen LogP contribution in [0.1, 0.15) is 61.3 Å². The van der Waals surface area contributed by atoms with E-state index >= 15 is 0 Å². The quantitative estimate of drug-likeness (QED) is 0.785. The molecule has 1 aromatic carbocycles. The lowest BCUT2D eigenvalue weighted by molar-refractivity contribution is 0.0512. The summed E-state index contributed by atoms with van der Waals surface area (Å²) in [5.41, 5.74) is 2.93. The third-order valence-electron chi connectivity index (χ3n) is 3.65. The minimum absolute atomic E-state index is 0.0353. The summed E-state index contributed by atoms with van der Waals surface area (Å²) in [6.07, 6.45) is 3.23. The maximum Gasteiger partial charge on any atom is 0.356 e. The number of aromatic nitrogens is 2. The van der Waals surface area contributed by atoms with Gasteiger partial charge in [-0.05, 0) is 30.9 Å². The van der Waals surface area contributed by atoms with Crippen molar-refractivity contribution in [2.75, 3.05) is 6.61 Å². The SMILES string of the molecule is CCOC(=O)c1cncn1C(C)c1ccc(C(C)C)cc1. The monoisotopic (exact) mass is 286 g/mol. The molecule has 2 rings (SSSR count). The van der Waals surface area contributed by atoms with Crippen LogP contribution in [0.3, 0.4) is 0 Å². The van der Waals surface area contributed by atoms with E-state index in [1.165, 1.54) is 5.56 Å². The molecular weight excluding hydrogens is 264 g/mol. The minimum atomic E-state index is -0.333. The van der Waals surface area contributed by atoms with E-state index in [0.29, 0.717) is 18.2 Å². The summed E-state index contributed by atoms with van der Waals surface area (Å²) in [6.45, 7) is 8.56. The van der Waals surface area contributed by atoms with Crippen molar-refractivity contribution in [3.05, 3.63) is 53.6 Å². The van der Waals surface area contributed by atoms with Crippen molar-refractivity contribution < 1.29 is 9.53 Å². The van der Waals surface area contributed by atoms with Crippen LogP contribution in [0.2, 0.25) is 0 Å². The summed E-state index contributed by atoms with van der Waals surface area (Å²) in [5, 5.41) is 0. The summed E-state index contributed by atoms with van der Waals surface area (Å²) in [4.78, 5) is 16.0. The number of nitrogens with zero attached hydrogens (tertiary/aromatic N) is 2. The standard InChI is InChI=1S/C17H22N2O2/c1-5-21-17(20)16-10-18-11-19(16)13(4)15-8-6-14(7-9-15)12(2)3/h6-13H,5H2,1-4H3. The highest BCUT2D eigenvalue weighted by molar-refractivity contribution is 5.87. The number of hydrogen-bond acceptors (Lipinski definition) is 3. The van der Waals surface area contributed by atoms with Crippen molar-refractivity contribution in [2.45, 2.75) is 39.7 Å². The summed E-state index contributed by atoms with van der Waals surface area (Å²) < 4.78 is 6.91. The Labute approximate surface area is 125 Å². The van der Waals surface area contributed by atoms with Crippen molar-refractivity contribution in [3.63, 3.8) is 0 Å². The summed E-state index contributed by atoms with van der Waals surface area (Å²) in [6, 6.07) is 8.52.